The lowest BCUT2D eigenvalue weighted by atomic mass is 10.1. The van der Waals surface area contributed by atoms with Gasteiger partial charge in [0, 0.05) is 36.7 Å². The second-order valence-electron chi connectivity index (χ2n) is 4.08. The van der Waals surface area contributed by atoms with E-state index < -0.39 is 0 Å². The average molecular weight is 325 g/mol. The minimum Gasteiger partial charge on any atom is -0.383 e. The van der Waals surface area contributed by atoms with E-state index in [0.717, 1.165) is 4.47 Å². The van der Waals surface area contributed by atoms with Crippen LogP contribution in [-0.2, 0) is 4.74 Å². The molecule has 4 nitrogen and oxygen atoms in total. The summed E-state index contributed by atoms with van der Waals surface area (Å²) in [5.74, 6) is 0.0431. The van der Waals surface area contributed by atoms with E-state index >= 15 is 0 Å². The summed E-state index contributed by atoms with van der Waals surface area (Å²) in [7, 11) is 1.62. The van der Waals surface area contributed by atoms with Gasteiger partial charge in [0.15, 0.2) is 5.78 Å². The number of ether oxygens (including phenoxy) is 1. The Morgan fingerprint density at radius 2 is 2.16 bits per heavy atom. The Hall–Kier alpha value is -1.22. The molecule has 19 heavy (non-hydrogen) atoms. The summed E-state index contributed by atoms with van der Waals surface area (Å²) in [5.41, 5.74) is 0.668. The molecule has 0 aliphatic heterocycles. The number of nitriles is 1. The van der Waals surface area contributed by atoms with Crippen LogP contribution in [0.2, 0.25) is 0 Å². The SMILES string of the molecule is COCCN(CCC#N)CC(=O)c1ccccc1Br. The highest BCUT2D eigenvalue weighted by Crippen LogP contribution is 2.16. The summed E-state index contributed by atoms with van der Waals surface area (Å²) in [4.78, 5) is 14.1. The second kappa shape index (κ2) is 8.81. The normalized spacial score (nSPS) is 10.4. The summed E-state index contributed by atoms with van der Waals surface area (Å²) < 4.78 is 5.82. The molecule has 1 aromatic rings. The standard InChI is InChI=1S/C14H17BrN2O2/c1-19-10-9-17(8-4-7-16)11-14(18)12-5-2-3-6-13(12)15/h2-3,5-6H,4,8-11H2,1H3. The van der Waals surface area contributed by atoms with Gasteiger partial charge in [-0.25, -0.2) is 0 Å². The van der Waals surface area contributed by atoms with Crippen molar-refractivity contribution in [3.8, 4) is 6.07 Å². The zero-order valence-electron chi connectivity index (χ0n) is 10.9. The summed E-state index contributed by atoms with van der Waals surface area (Å²) in [6.45, 7) is 2.08. The molecule has 1 aromatic carbocycles. The second-order valence-corrected chi connectivity index (χ2v) is 4.93. The minimum absolute atomic E-state index is 0.0431. The minimum atomic E-state index is 0.0431. The molecule has 0 fully saturated rings. The van der Waals surface area contributed by atoms with Gasteiger partial charge in [-0.1, -0.05) is 34.1 Å². The van der Waals surface area contributed by atoms with Gasteiger partial charge in [0.2, 0.25) is 0 Å². The van der Waals surface area contributed by atoms with E-state index in [9.17, 15) is 4.79 Å². The molecule has 0 atom stereocenters. The highest BCUT2D eigenvalue weighted by molar-refractivity contribution is 9.10. The van der Waals surface area contributed by atoms with Crippen LogP contribution in [0.3, 0.4) is 0 Å². The number of carbonyl (C=O) groups excluding carboxylic acids is 1. The molecular weight excluding hydrogens is 308 g/mol. The van der Waals surface area contributed by atoms with Crippen molar-refractivity contribution in [2.24, 2.45) is 0 Å². The van der Waals surface area contributed by atoms with Crippen molar-refractivity contribution < 1.29 is 9.53 Å². The molecule has 0 aliphatic carbocycles. The fourth-order valence-electron chi connectivity index (χ4n) is 1.67. The number of carbonyl (C=O) groups is 1. The van der Waals surface area contributed by atoms with Crippen LogP contribution in [0, 0.1) is 11.3 Å². The number of methoxy groups -OCH3 is 1. The van der Waals surface area contributed by atoms with Crippen LogP contribution >= 0.6 is 15.9 Å². The molecule has 0 N–H and O–H groups in total. The summed E-state index contributed by atoms with van der Waals surface area (Å²) in [6.07, 6.45) is 0.410. The van der Waals surface area contributed by atoms with Gasteiger partial charge in [-0.15, -0.1) is 0 Å². The largest absolute Gasteiger partial charge is 0.383 e. The number of ketones is 1. The van der Waals surface area contributed by atoms with E-state index in [4.69, 9.17) is 10.00 Å². The Balaban J connectivity index is 2.65. The van der Waals surface area contributed by atoms with Crippen LogP contribution in [0.1, 0.15) is 16.8 Å². The smallest absolute Gasteiger partial charge is 0.177 e. The van der Waals surface area contributed by atoms with Crippen LogP contribution in [0.15, 0.2) is 28.7 Å². The molecule has 0 bridgehead atoms. The van der Waals surface area contributed by atoms with E-state index in [-0.39, 0.29) is 5.78 Å². The first-order valence-electron chi connectivity index (χ1n) is 6.05. The van der Waals surface area contributed by atoms with Gasteiger partial charge < -0.3 is 4.74 Å². The van der Waals surface area contributed by atoms with Gasteiger partial charge in [-0.05, 0) is 6.07 Å². The third-order valence-electron chi connectivity index (χ3n) is 2.69. The third kappa shape index (κ3) is 5.52. The van der Waals surface area contributed by atoms with E-state index in [2.05, 4.69) is 22.0 Å². The van der Waals surface area contributed by atoms with E-state index in [1.165, 1.54) is 0 Å². The van der Waals surface area contributed by atoms with Crippen molar-refractivity contribution in [3.05, 3.63) is 34.3 Å². The molecule has 0 radical (unpaired) electrons. The molecule has 0 aromatic heterocycles. The molecule has 0 saturated heterocycles. The lowest BCUT2D eigenvalue weighted by molar-refractivity contribution is 0.0897. The Kier molecular flexibility index (Phi) is 7.34. The molecule has 0 spiro atoms. The number of rotatable bonds is 8. The zero-order chi connectivity index (χ0) is 14.1. The van der Waals surface area contributed by atoms with Crippen molar-refractivity contribution in [3.63, 3.8) is 0 Å². The third-order valence-corrected chi connectivity index (χ3v) is 3.38. The molecular formula is C14H17BrN2O2. The fraction of sp³-hybridized carbons (Fsp3) is 0.429. The van der Waals surface area contributed by atoms with Crippen molar-refractivity contribution in [2.45, 2.75) is 6.42 Å². The maximum absolute atomic E-state index is 12.2. The lowest BCUT2D eigenvalue weighted by Gasteiger charge is -2.20. The molecule has 0 amide bonds. The monoisotopic (exact) mass is 324 g/mol. The van der Waals surface area contributed by atoms with Gasteiger partial charge in [-0.2, -0.15) is 5.26 Å². The zero-order valence-corrected chi connectivity index (χ0v) is 12.5. The quantitative estimate of drug-likeness (QED) is 0.689. The summed E-state index contributed by atoms with van der Waals surface area (Å²) >= 11 is 3.38. The van der Waals surface area contributed by atoms with Gasteiger partial charge in [0.25, 0.3) is 0 Å². The first-order valence-corrected chi connectivity index (χ1v) is 6.84. The molecule has 0 unspecified atom stereocenters. The maximum Gasteiger partial charge on any atom is 0.177 e. The average Bonchev–Trinajstić information content (AvgIpc) is 2.42. The van der Waals surface area contributed by atoms with E-state index in [1.54, 1.807) is 13.2 Å². The first kappa shape index (κ1) is 15.8. The number of hydrogen-bond acceptors (Lipinski definition) is 4. The molecule has 0 saturated carbocycles. The van der Waals surface area contributed by atoms with Gasteiger partial charge in [0.1, 0.15) is 0 Å². The topological polar surface area (TPSA) is 53.3 Å². The molecule has 5 heteroatoms. The van der Waals surface area contributed by atoms with Crippen LogP contribution in [0.4, 0.5) is 0 Å². The van der Waals surface area contributed by atoms with E-state index in [0.29, 0.717) is 38.2 Å². The Labute approximate surface area is 122 Å². The molecule has 102 valence electrons. The number of benzene rings is 1. The van der Waals surface area contributed by atoms with Crippen molar-refractivity contribution in [1.82, 2.24) is 4.90 Å². The Bertz CT molecular complexity index is 457. The number of nitrogens with zero attached hydrogens (tertiary/aromatic N) is 2. The van der Waals surface area contributed by atoms with Crippen LogP contribution in [0.5, 0.6) is 0 Å². The van der Waals surface area contributed by atoms with Crippen LogP contribution in [0.25, 0.3) is 0 Å². The molecule has 0 aliphatic rings. The number of halogens is 1. The van der Waals surface area contributed by atoms with Crippen molar-refractivity contribution in [2.75, 3.05) is 33.4 Å². The number of Topliss-reactive ketones (excluding diaryl/α,β-unsaturated/α-hetero) is 1. The highest BCUT2D eigenvalue weighted by atomic mass is 79.9. The predicted octanol–water partition coefficient (Wildman–Crippen LogP) is 2.49. The lowest BCUT2D eigenvalue weighted by Crippen LogP contribution is -2.33. The van der Waals surface area contributed by atoms with Crippen molar-refractivity contribution >= 4 is 21.7 Å². The van der Waals surface area contributed by atoms with Crippen LogP contribution in [-0.4, -0.2) is 44.0 Å². The molecule has 1 rings (SSSR count). The Morgan fingerprint density at radius 1 is 1.42 bits per heavy atom. The van der Waals surface area contributed by atoms with Crippen LogP contribution < -0.4 is 0 Å². The fourth-order valence-corrected chi connectivity index (χ4v) is 2.18. The van der Waals surface area contributed by atoms with Gasteiger partial charge in [-0.3, -0.25) is 9.69 Å². The number of hydrogen-bond donors (Lipinski definition) is 0. The molecule has 0 heterocycles. The van der Waals surface area contributed by atoms with Crippen molar-refractivity contribution in [1.29, 1.82) is 5.26 Å². The van der Waals surface area contributed by atoms with E-state index in [1.807, 2.05) is 23.1 Å². The summed E-state index contributed by atoms with van der Waals surface area (Å²) in [6, 6.07) is 9.46. The summed E-state index contributed by atoms with van der Waals surface area (Å²) in [5, 5.41) is 8.64. The highest BCUT2D eigenvalue weighted by Gasteiger charge is 2.14. The van der Waals surface area contributed by atoms with Gasteiger partial charge >= 0.3 is 0 Å². The van der Waals surface area contributed by atoms with Gasteiger partial charge in [0.05, 0.1) is 19.2 Å². The maximum atomic E-state index is 12.2. The Morgan fingerprint density at radius 3 is 2.79 bits per heavy atom. The predicted molar refractivity (Wildman–Crippen MR) is 77.0 cm³/mol. The first-order chi connectivity index (χ1) is 9.19.